The van der Waals surface area contributed by atoms with Gasteiger partial charge < -0.3 is 20.9 Å². The van der Waals surface area contributed by atoms with Gasteiger partial charge in [0, 0.05) is 47.3 Å². The van der Waals surface area contributed by atoms with Crippen molar-refractivity contribution in [2.45, 2.75) is 12.8 Å². The lowest BCUT2D eigenvalue weighted by atomic mass is 10.2. The molecule has 0 saturated heterocycles. The summed E-state index contributed by atoms with van der Waals surface area (Å²) in [5.41, 5.74) is 2.69. The van der Waals surface area contributed by atoms with Crippen LogP contribution in [0.1, 0.15) is 11.3 Å². The SMILES string of the molecule is CN(C)CCCNc1ccc2c(NCCc3cnc(NC(=O)Nc4ccccc4)s3)ncnc2c1. The van der Waals surface area contributed by atoms with Crippen LogP contribution in [0.4, 0.5) is 27.1 Å². The quantitative estimate of drug-likeness (QED) is 0.225. The average molecular weight is 491 g/mol. The van der Waals surface area contributed by atoms with E-state index in [0.717, 1.165) is 58.9 Å². The van der Waals surface area contributed by atoms with E-state index < -0.39 is 0 Å². The molecule has 0 spiro atoms. The maximum Gasteiger partial charge on any atom is 0.325 e. The summed E-state index contributed by atoms with van der Waals surface area (Å²) in [5.74, 6) is 0.805. The molecule has 0 saturated carbocycles. The Bertz CT molecular complexity index is 1240. The van der Waals surface area contributed by atoms with Crippen LogP contribution >= 0.6 is 11.3 Å². The Labute approximate surface area is 209 Å². The number of nitrogens with zero attached hydrogens (tertiary/aromatic N) is 4. The van der Waals surface area contributed by atoms with E-state index in [-0.39, 0.29) is 6.03 Å². The number of para-hydroxylation sites is 1. The van der Waals surface area contributed by atoms with Crippen molar-refractivity contribution in [3.05, 3.63) is 65.9 Å². The zero-order valence-corrected chi connectivity index (χ0v) is 20.7. The lowest BCUT2D eigenvalue weighted by Gasteiger charge is -2.12. The number of anilines is 4. The lowest BCUT2D eigenvalue weighted by Crippen LogP contribution is -2.19. The molecule has 2 amide bonds. The highest BCUT2D eigenvalue weighted by Gasteiger charge is 2.08. The zero-order chi connectivity index (χ0) is 24.5. The van der Waals surface area contributed by atoms with Gasteiger partial charge in [0.05, 0.1) is 5.52 Å². The van der Waals surface area contributed by atoms with Gasteiger partial charge in [-0.3, -0.25) is 5.32 Å². The molecule has 0 fully saturated rings. The highest BCUT2D eigenvalue weighted by Crippen LogP contribution is 2.23. The minimum absolute atomic E-state index is 0.311. The largest absolute Gasteiger partial charge is 0.385 e. The molecule has 2 aromatic heterocycles. The van der Waals surface area contributed by atoms with Crippen LogP contribution in [0.25, 0.3) is 10.9 Å². The fourth-order valence-corrected chi connectivity index (χ4v) is 4.31. The van der Waals surface area contributed by atoms with Gasteiger partial charge in [0.25, 0.3) is 0 Å². The first-order chi connectivity index (χ1) is 17.1. The van der Waals surface area contributed by atoms with E-state index in [1.54, 1.807) is 12.5 Å². The highest BCUT2D eigenvalue weighted by atomic mass is 32.1. The fourth-order valence-electron chi connectivity index (χ4n) is 3.50. The number of carbonyl (C=O) groups is 1. The molecular formula is C25H30N8OS. The summed E-state index contributed by atoms with van der Waals surface area (Å²) < 4.78 is 0. The minimum Gasteiger partial charge on any atom is -0.385 e. The van der Waals surface area contributed by atoms with Gasteiger partial charge in [-0.25, -0.2) is 19.7 Å². The van der Waals surface area contributed by atoms with Crippen molar-refractivity contribution in [1.29, 1.82) is 0 Å². The lowest BCUT2D eigenvalue weighted by molar-refractivity contribution is 0.262. The number of benzene rings is 2. The second kappa shape index (κ2) is 12.1. The Morgan fingerprint density at radius 1 is 0.943 bits per heavy atom. The van der Waals surface area contributed by atoms with Crippen LogP contribution in [0, 0.1) is 0 Å². The third-order valence-corrected chi connectivity index (χ3v) is 6.19. The number of hydrogen-bond acceptors (Lipinski definition) is 8. The molecule has 0 unspecified atom stereocenters. The van der Waals surface area contributed by atoms with Crippen LogP contribution in [0.5, 0.6) is 0 Å². The van der Waals surface area contributed by atoms with Gasteiger partial charge in [-0.15, -0.1) is 11.3 Å². The molecule has 35 heavy (non-hydrogen) atoms. The molecule has 0 aliphatic heterocycles. The summed E-state index contributed by atoms with van der Waals surface area (Å²) in [4.78, 5) is 28.6. The van der Waals surface area contributed by atoms with Gasteiger partial charge in [-0.2, -0.15) is 0 Å². The smallest absolute Gasteiger partial charge is 0.325 e. The molecule has 0 aliphatic carbocycles. The van der Waals surface area contributed by atoms with E-state index in [0.29, 0.717) is 11.7 Å². The number of amides is 2. The van der Waals surface area contributed by atoms with Crippen LogP contribution in [-0.4, -0.2) is 59.6 Å². The molecule has 4 aromatic rings. The Morgan fingerprint density at radius 2 is 1.80 bits per heavy atom. The molecule has 4 rings (SSSR count). The number of urea groups is 1. The summed E-state index contributed by atoms with van der Waals surface area (Å²) in [6, 6.07) is 15.2. The molecule has 182 valence electrons. The van der Waals surface area contributed by atoms with E-state index in [1.165, 1.54) is 11.3 Å². The zero-order valence-electron chi connectivity index (χ0n) is 19.9. The van der Waals surface area contributed by atoms with E-state index >= 15 is 0 Å². The number of hydrogen-bond donors (Lipinski definition) is 4. The number of carbonyl (C=O) groups excluding carboxylic acids is 1. The van der Waals surface area contributed by atoms with Gasteiger partial charge in [0.2, 0.25) is 0 Å². The predicted octanol–water partition coefficient (Wildman–Crippen LogP) is 4.75. The molecule has 9 nitrogen and oxygen atoms in total. The Kier molecular flexibility index (Phi) is 8.42. The van der Waals surface area contributed by atoms with E-state index in [9.17, 15) is 4.79 Å². The first-order valence-corrected chi connectivity index (χ1v) is 12.3. The number of rotatable bonds is 11. The summed E-state index contributed by atoms with van der Waals surface area (Å²) in [5, 5.41) is 14.0. The normalized spacial score (nSPS) is 10.9. The minimum atomic E-state index is -0.311. The van der Waals surface area contributed by atoms with Crippen LogP contribution in [0.3, 0.4) is 0 Å². The number of fused-ring (bicyclic) bond motifs is 1. The maximum atomic E-state index is 12.2. The Morgan fingerprint density at radius 3 is 2.63 bits per heavy atom. The molecule has 10 heteroatoms. The molecule has 2 heterocycles. The van der Waals surface area contributed by atoms with Gasteiger partial charge in [0.15, 0.2) is 5.13 Å². The number of aromatic nitrogens is 3. The van der Waals surface area contributed by atoms with E-state index in [2.05, 4.69) is 67.3 Å². The second-order valence-corrected chi connectivity index (χ2v) is 9.41. The highest BCUT2D eigenvalue weighted by molar-refractivity contribution is 7.15. The van der Waals surface area contributed by atoms with Crippen LogP contribution in [0.2, 0.25) is 0 Å². The van der Waals surface area contributed by atoms with E-state index in [4.69, 9.17) is 0 Å². The molecule has 0 aliphatic rings. The molecule has 0 bridgehead atoms. The van der Waals surface area contributed by atoms with E-state index in [1.807, 2.05) is 36.4 Å². The number of nitrogens with one attached hydrogen (secondary N) is 4. The van der Waals surface area contributed by atoms with Gasteiger partial charge in [0.1, 0.15) is 12.1 Å². The fraction of sp³-hybridized carbons (Fsp3) is 0.280. The molecule has 0 radical (unpaired) electrons. The monoisotopic (exact) mass is 490 g/mol. The Balaban J connectivity index is 1.27. The second-order valence-electron chi connectivity index (χ2n) is 8.29. The molecular weight excluding hydrogens is 460 g/mol. The van der Waals surface area contributed by atoms with Crippen molar-refractivity contribution in [2.75, 3.05) is 55.0 Å². The topological polar surface area (TPSA) is 107 Å². The summed E-state index contributed by atoms with van der Waals surface area (Å²) in [6.07, 6.45) is 5.21. The molecule has 4 N–H and O–H groups in total. The van der Waals surface area contributed by atoms with Gasteiger partial charge >= 0.3 is 6.03 Å². The van der Waals surface area contributed by atoms with Crippen molar-refractivity contribution < 1.29 is 4.79 Å². The first kappa shape index (κ1) is 24.4. The first-order valence-electron chi connectivity index (χ1n) is 11.5. The maximum absolute atomic E-state index is 12.2. The van der Waals surface area contributed by atoms with Crippen molar-refractivity contribution in [2.24, 2.45) is 0 Å². The third kappa shape index (κ3) is 7.36. The molecule has 2 aromatic carbocycles. The van der Waals surface area contributed by atoms with Crippen molar-refractivity contribution in [3.8, 4) is 0 Å². The van der Waals surface area contributed by atoms with Gasteiger partial charge in [-0.05, 0) is 57.4 Å². The molecule has 0 atom stereocenters. The summed E-state index contributed by atoms with van der Waals surface area (Å²) >= 11 is 1.46. The third-order valence-electron chi connectivity index (χ3n) is 5.22. The van der Waals surface area contributed by atoms with Crippen molar-refractivity contribution in [3.63, 3.8) is 0 Å². The van der Waals surface area contributed by atoms with Crippen LogP contribution in [-0.2, 0) is 6.42 Å². The Hall–Kier alpha value is -3.76. The van der Waals surface area contributed by atoms with Crippen LogP contribution in [0.15, 0.2) is 61.1 Å². The van der Waals surface area contributed by atoms with Crippen LogP contribution < -0.4 is 21.3 Å². The van der Waals surface area contributed by atoms with Crippen molar-refractivity contribution >= 4 is 50.6 Å². The standard InChI is InChI=1S/C25H30N8OS/c1-33(2)14-6-12-26-19-9-10-21-22(15-19)29-17-30-23(21)27-13-11-20-16-28-25(35-20)32-24(34)31-18-7-4-3-5-8-18/h3-5,7-10,15-17,26H,6,11-14H2,1-2H3,(H,27,29,30)(H2,28,31,32,34). The average Bonchev–Trinajstić information content (AvgIpc) is 3.29. The van der Waals surface area contributed by atoms with Crippen molar-refractivity contribution in [1.82, 2.24) is 19.9 Å². The summed E-state index contributed by atoms with van der Waals surface area (Å²) in [7, 11) is 4.16. The van der Waals surface area contributed by atoms with Gasteiger partial charge in [-0.1, -0.05) is 18.2 Å². The summed E-state index contributed by atoms with van der Waals surface area (Å²) in [6.45, 7) is 2.66. The predicted molar refractivity (Wildman–Crippen MR) is 145 cm³/mol. The number of thiazole rings is 1.